The quantitative estimate of drug-likeness (QED) is 0.742. The molecule has 3 aromatic rings. The van der Waals surface area contributed by atoms with Crippen LogP contribution in [-0.4, -0.2) is 16.1 Å². The van der Waals surface area contributed by atoms with Gasteiger partial charge in [-0.1, -0.05) is 18.2 Å². The molecule has 1 saturated carbocycles. The van der Waals surface area contributed by atoms with Crippen LogP contribution >= 0.6 is 0 Å². The molecule has 2 N–H and O–H groups in total. The molecule has 6 heteroatoms. The van der Waals surface area contributed by atoms with E-state index in [0.29, 0.717) is 22.2 Å². The number of aromatic amines is 1. The van der Waals surface area contributed by atoms with Gasteiger partial charge < -0.3 is 5.32 Å². The van der Waals surface area contributed by atoms with Crippen LogP contribution in [0.3, 0.4) is 0 Å². The van der Waals surface area contributed by atoms with Gasteiger partial charge in [0.2, 0.25) is 5.91 Å². The molecule has 0 saturated heterocycles. The maximum absolute atomic E-state index is 14.1. The minimum Gasteiger partial charge on any atom is -0.323 e. The lowest BCUT2D eigenvalue weighted by Crippen LogP contribution is -2.14. The molecule has 0 atom stereocenters. The summed E-state index contributed by atoms with van der Waals surface area (Å²) in [5, 5.41) is 10.2. The summed E-state index contributed by atoms with van der Waals surface area (Å²) in [7, 11) is 0. The molecule has 0 radical (unpaired) electrons. The Hall–Kier alpha value is -3.02. The van der Waals surface area contributed by atoms with Gasteiger partial charge in [0.25, 0.3) is 0 Å². The Morgan fingerprint density at radius 1 is 1.16 bits per heavy atom. The molecule has 1 heterocycles. The first-order valence-electron chi connectivity index (χ1n) is 8.03. The third-order valence-corrected chi connectivity index (χ3v) is 4.21. The Morgan fingerprint density at radius 2 is 1.96 bits per heavy atom. The fourth-order valence-electron chi connectivity index (χ4n) is 2.64. The molecule has 1 amide bonds. The van der Waals surface area contributed by atoms with E-state index in [4.69, 9.17) is 0 Å². The molecule has 4 rings (SSSR count). The summed E-state index contributed by atoms with van der Waals surface area (Å²) >= 11 is 0. The number of nitrogens with one attached hydrogen (secondary N) is 2. The molecule has 0 spiro atoms. The molecule has 0 aliphatic heterocycles. The largest absolute Gasteiger partial charge is 0.323 e. The number of hydrogen-bond acceptors (Lipinski definition) is 2. The van der Waals surface area contributed by atoms with Crippen LogP contribution < -0.4 is 5.32 Å². The topological polar surface area (TPSA) is 57.8 Å². The van der Waals surface area contributed by atoms with Crippen molar-refractivity contribution in [3.8, 4) is 0 Å². The summed E-state index contributed by atoms with van der Waals surface area (Å²) in [4.78, 5) is 11.9. The molecule has 0 unspecified atom stereocenters. The zero-order valence-corrected chi connectivity index (χ0v) is 13.2. The number of rotatable bonds is 4. The second-order valence-corrected chi connectivity index (χ2v) is 6.10. The fourth-order valence-corrected chi connectivity index (χ4v) is 2.64. The molecule has 1 aliphatic rings. The number of carbonyl (C=O) groups is 1. The van der Waals surface area contributed by atoms with Crippen LogP contribution in [0.5, 0.6) is 0 Å². The highest BCUT2D eigenvalue weighted by molar-refractivity contribution is 5.98. The summed E-state index contributed by atoms with van der Waals surface area (Å²) in [6, 6.07) is 9.24. The Bertz CT molecular complexity index is 989. The van der Waals surface area contributed by atoms with Crippen LogP contribution in [0.2, 0.25) is 0 Å². The van der Waals surface area contributed by atoms with Gasteiger partial charge in [-0.2, -0.15) is 5.10 Å². The maximum Gasteiger partial charge on any atom is 0.227 e. The van der Waals surface area contributed by atoms with Crippen molar-refractivity contribution in [1.82, 2.24) is 10.2 Å². The molecule has 4 nitrogen and oxygen atoms in total. The van der Waals surface area contributed by atoms with Crippen molar-refractivity contribution >= 4 is 34.6 Å². The monoisotopic (exact) mass is 339 g/mol. The lowest BCUT2D eigenvalue weighted by Gasteiger charge is -2.06. The van der Waals surface area contributed by atoms with E-state index < -0.39 is 5.82 Å². The van der Waals surface area contributed by atoms with Crippen molar-refractivity contribution in [2.45, 2.75) is 12.8 Å². The van der Waals surface area contributed by atoms with E-state index in [1.54, 1.807) is 36.4 Å². The molecule has 126 valence electrons. The van der Waals surface area contributed by atoms with E-state index in [2.05, 4.69) is 15.5 Å². The summed E-state index contributed by atoms with van der Waals surface area (Å²) < 4.78 is 27.8. The first kappa shape index (κ1) is 15.5. The molecule has 0 bridgehead atoms. The number of amides is 1. The van der Waals surface area contributed by atoms with E-state index in [1.807, 2.05) is 0 Å². The van der Waals surface area contributed by atoms with Crippen molar-refractivity contribution in [1.29, 1.82) is 0 Å². The van der Waals surface area contributed by atoms with Crippen LogP contribution in [0.4, 0.5) is 14.5 Å². The Kier molecular flexibility index (Phi) is 3.80. The maximum atomic E-state index is 14.1. The second kappa shape index (κ2) is 6.12. The van der Waals surface area contributed by atoms with Crippen molar-refractivity contribution in [2.24, 2.45) is 5.92 Å². The minimum absolute atomic E-state index is 0.0140. The average molecular weight is 339 g/mol. The molecule has 25 heavy (non-hydrogen) atoms. The molecule has 1 aliphatic carbocycles. The first-order chi connectivity index (χ1) is 12.1. The van der Waals surface area contributed by atoms with E-state index in [-0.39, 0.29) is 23.3 Å². The summed E-state index contributed by atoms with van der Waals surface area (Å²) in [5.74, 6) is -1.03. The third-order valence-electron chi connectivity index (χ3n) is 4.21. The molecular weight excluding hydrogens is 324 g/mol. The van der Waals surface area contributed by atoms with Gasteiger partial charge in [-0.15, -0.1) is 0 Å². The van der Waals surface area contributed by atoms with Gasteiger partial charge in [0, 0.05) is 22.9 Å². The number of nitrogens with zero attached hydrogens (tertiary/aromatic N) is 1. The summed E-state index contributed by atoms with van der Waals surface area (Å²) in [6.07, 6.45) is 4.95. The Balaban J connectivity index is 1.67. The number of fused-ring (bicyclic) bond motifs is 1. The number of aromatic nitrogens is 2. The third kappa shape index (κ3) is 3.15. The van der Waals surface area contributed by atoms with E-state index in [9.17, 15) is 13.6 Å². The van der Waals surface area contributed by atoms with Gasteiger partial charge >= 0.3 is 0 Å². The van der Waals surface area contributed by atoms with E-state index >= 15 is 0 Å². The van der Waals surface area contributed by atoms with Crippen LogP contribution in [0, 0.1) is 17.6 Å². The number of hydrogen-bond donors (Lipinski definition) is 2. The van der Waals surface area contributed by atoms with Gasteiger partial charge in [0.05, 0.1) is 16.9 Å². The normalized spacial score (nSPS) is 14.3. The number of halogens is 2. The zero-order chi connectivity index (χ0) is 17.4. The Morgan fingerprint density at radius 3 is 2.72 bits per heavy atom. The lowest BCUT2D eigenvalue weighted by atomic mass is 10.1. The number of anilines is 1. The standard InChI is InChI=1S/C19H15F2N3O/c20-14-4-2-1-3-11(14)7-8-16-13-9-18(22-19(25)12-5-6-12)15(21)10-17(13)24-23-16/h1-4,7-10,12H,5-6H2,(H,22,25)(H,23,24)/b8-7+. The highest BCUT2D eigenvalue weighted by atomic mass is 19.1. The van der Waals surface area contributed by atoms with Crippen molar-refractivity contribution < 1.29 is 13.6 Å². The van der Waals surface area contributed by atoms with Gasteiger partial charge in [-0.05, 0) is 37.1 Å². The zero-order valence-electron chi connectivity index (χ0n) is 13.2. The molecular formula is C19H15F2N3O. The van der Waals surface area contributed by atoms with Crippen molar-refractivity contribution in [3.05, 3.63) is 59.3 Å². The fraction of sp³-hybridized carbons (Fsp3) is 0.158. The van der Waals surface area contributed by atoms with Crippen molar-refractivity contribution in [3.63, 3.8) is 0 Å². The lowest BCUT2D eigenvalue weighted by molar-refractivity contribution is -0.117. The molecule has 2 aromatic carbocycles. The first-order valence-corrected chi connectivity index (χ1v) is 8.03. The van der Waals surface area contributed by atoms with Gasteiger partial charge in [-0.25, -0.2) is 8.78 Å². The van der Waals surface area contributed by atoms with Gasteiger partial charge in [0.15, 0.2) is 0 Å². The molecule has 1 fully saturated rings. The SMILES string of the molecule is O=C(Nc1cc2c(/C=C/c3ccccc3F)n[nH]c2cc1F)C1CC1. The predicted octanol–water partition coefficient (Wildman–Crippen LogP) is 4.36. The molecule has 1 aromatic heterocycles. The smallest absolute Gasteiger partial charge is 0.227 e. The Labute approximate surface area is 142 Å². The van der Waals surface area contributed by atoms with Gasteiger partial charge in [-0.3, -0.25) is 9.89 Å². The van der Waals surface area contributed by atoms with Gasteiger partial charge in [0.1, 0.15) is 11.6 Å². The van der Waals surface area contributed by atoms with Crippen LogP contribution in [0.25, 0.3) is 23.1 Å². The van der Waals surface area contributed by atoms with E-state index in [0.717, 1.165) is 12.8 Å². The number of carbonyl (C=O) groups excluding carboxylic acids is 1. The average Bonchev–Trinajstić information content (AvgIpc) is 3.38. The van der Waals surface area contributed by atoms with Crippen LogP contribution in [0.1, 0.15) is 24.1 Å². The number of H-pyrrole nitrogens is 1. The van der Waals surface area contributed by atoms with E-state index in [1.165, 1.54) is 12.1 Å². The second-order valence-electron chi connectivity index (χ2n) is 6.10. The minimum atomic E-state index is -0.519. The highest BCUT2D eigenvalue weighted by Crippen LogP contribution is 2.32. The van der Waals surface area contributed by atoms with Crippen LogP contribution in [-0.2, 0) is 4.79 Å². The van der Waals surface area contributed by atoms with Crippen molar-refractivity contribution in [2.75, 3.05) is 5.32 Å². The van der Waals surface area contributed by atoms with Crippen LogP contribution in [0.15, 0.2) is 36.4 Å². The summed E-state index contributed by atoms with van der Waals surface area (Å²) in [5.41, 5.74) is 1.62. The summed E-state index contributed by atoms with van der Waals surface area (Å²) in [6.45, 7) is 0. The highest BCUT2D eigenvalue weighted by Gasteiger charge is 2.30. The number of benzene rings is 2. The predicted molar refractivity (Wildman–Crippen MR) is 92.7 cm³/mol.